The highest BCUT2D eigenvalue weighted by molar-refractivity contribution is 6.27. The normalized spacial score (nSPS) is 17.3. The summed E-state index contributed by atoms with van der Waals surface area (Å²) in [6.07, 6.45) is 0.00518. The third-order valence-electron chi connectivity index (χ3n) is 4.56. The maximum Gasteiger partial charge on any atom is 0.414 e. The third-order valence-corrected chi connectivity index (χ3v) is 4.56. The van der Waals surface area contributed by atoms with Gasteiger partial charge in [-0.25, -0.2) is 9.59 Å². The van der Waals surface area contributed by atoms with Crippen LogP contribution in [0.2, 0.25) is 0 Å². The second kappa shape index (κ2) is 13.9. The molecule has 0 saturated carbocycles. The minimum absolute atomic E-state index is 0.0131. The summed E-state index contributed by atoms with van der Waals surface area (Å²) in [5, 5.41) is 18.1. The molecule has 180 valence electrons. The van der Waals surface area contributed by atoms with Crippen LogP contribution in [0.1, 0.15) is 11.7 Å². The van der Waals surface area contributed by atoms with E-state index in [1.54, 1.807) is 14.2 Å². The first-order valence-corrected chi connectivity index (χ1v) is 10.2. The van der Waals surface area contributed by atoms with E-state index in [0.29, 0.717) is 50.2 Å². The zero-order valence-electron chi connectivity index (χ0n) is 18.6. The van der Waals surface area contributed by atoms with Gasteiger partial charge in [0, 0.05) is 13.1 Å². The molecule has 0 unspecified atom stereocenters. The van der Waals surface area contributed by atoms with Crippen LogP contribution in [0.5, 0.6) is 17.2 Å². The van der Waals surface area contributed by atoms with E-state index < -0.39 is 11.9 Å². The fourth-order valence-electron chi connectivity index (χ4n) is 3.01. The molecule has 0 aliphatic carbocycles. The van der Waals surface area contributed by atoms with Crippen LogP contribution in [0.3, 0.4) is 0 Å². The molecule has 33 heavy (non-hydrogen) atoms. The van der Waals surface area contributed by atoms with Crippen molar-refractivity contribution >= 4 is 11.9 Å². The molecule has 1 fully saturated rings. The standard InChI is InChI=1S/C21H27NO5.C2H2O4/c1-23-18-9-6-10-19(24-2)21(18)26-12-11-22-13-17-14-25-15-20(27-17)16-7-4-3-5-8-16;3-1(4)2(5)6/h3-10,17,20,22H,11-15H2,1-2H3;(H,3,4)(H,5,6)/t17-,20-;/m1./s1. The number of ether oxygens (including phenoxy) is 5. The predicted molar refractivity (Wildman–Crippen MR) is 118 cm³/mol. The van der Waals surface area contributed by atoms with Gasteiger partial charge < -0.3 is 39.2 Å². The Morgan fingerprint density at radius 2 is 1.61 bits per heavy atom. The summed E-state index contributed by atoms with van der Waals surface area (Å²) in [4.78, 5) is 18.2. The molecule has 0 radical (unpaired) electrons. The van der Waals surface area contributed by atoms with Crippen LogP contribution in [0.25, 0.3) is 0 Å². The van der Waals surface area contributed by atoms with Crippen molar-refractivity contribution < 1.29 is 43.5 Å². The lowest BCUT2D eigenvalue weighted by molar-refractivity contribution is -0.159. The number of hydrogen-bond acceptors (Lipinski definition) is 8. The quantitative estimate of drug-likeness (QED) is 0.374. The Hall–Kier alpha value is -3.34. The monoisotopic (exact) mass is 463 g/mol. The smallest absolute Gasteiger partial charge is 0.414 e. The number of nitrogens with one attached hydrogen (secondary N) is 1. The van der Waals surface area contributed by atoms with E-state index >= 15 is 0 Å². The molecule has 1 heterocycles. The average Bonchev–Trinajstić information content (AvgIpc) is 2.84. The van der Waals surface area contributed by atoms with Gasteiger partial charge in [-0.15, -0.1) is 0 Å². The first-order chi connectivity index (χ1) is 16.0. The van der Waals surface area contributed by atoms with Crippen molar-refractivity contribution in [2.45, 2.75) is 12.2 Å². The van der Waals surface area contributed by atoms with Gasteiger partial charge in [-0.2, -0.15) is 0 Å². The molecule has 2 aromatic carbocycles. The second-order valence-electron chi connectivity index (χ2n) is 6.85. The Kier molecular flexibility index (Phi) is 10.9. The largest absolute Gasteiger partial charge is 0.493 e. The molecular formula is C23H29NO9. The van der Waals surface area contributed by atoms with Crippen molar-refractivity contribution in [3.8, 4) is 17.2 Å². The van der Waals surface area contributed by atoms with Gasteiger partial charge in [0.25, 0.3) is 0 Å². The topological polar surface area (TPSA) is 133 Å². The first-order valence-electron chi connectivity index (χ1n) is 10.2. The Bertz CT molecular complexity index is 841. The third kappa shape index (κ3) is 8.60. The molecule has 1 saturated heterocycles. The zero-order chi connectivity index (χ0) is 24.1. The maximum atomic E-state index is 9.10. The Balaban J connectivity index is 0.000000569. The summed E-state index contributed by atoms with van der Waals surface area (Å²) >= 11 is 0. The Labute approximate surface area is 192 Å². The highest BCUT2D eigenvalue weighted by Crippen LogP contribution is 2.36. The van der Waals surface area contributed by atoms with Crippen LogP contribution in [0, 0.1) is 0 Å². The summed E-state index contributed by atoms with van der Waals surface area (Å²) < 4.78 is 28.4. The highest BCUT2D eigenvalue weighted by atomic mass is 16.6. The molecule has 0 spiro atoms. The van der Waals surface area contributed by atoms with E-state index in [0.717, 1.165) is 5.56 Å². The van der Waals surface area contributed by atoms with Crippen molar-refractivity contribution in [3.63, 3.8) is 0 Å². The number of aliphatic carboxylic acids is 2. The Morgan fingerprint density at radius 1 is 0.970 bits per heavy atom. The van der Waals surface area contributed by atoms with Crippen molar-refractivity contribution in [2.75, 3.05) is 47.1 Å². The zero-order valence-corrected chi connectivity index (χ0v) is 18.6. The van der Waals surface area contributed by atoms with E-state index in [9.17, 15) is 0 Å². The molecule has 3 N–H and O–H groups in total. The molecule has 0 bridgehead atoms. The van der Waals surface area contributed by atoms with Crippen molar-refractivity contribution in [2.24, 2.45) is 0 Å². The summed E-state index contributed by atoms with van der Waals surface area (Å²) in [6, 6.07) is 15.7. The van der Waals surface area contributed by atoms with Crippen molar-refractivity contribution in [3.05, 3.63) is 54.1 Å². The van der Waals surface area contributed by atoms with Gasteiger partial charge in [0.05, 0.1) is 33.5 Å². The Morgan fingerprint density at radius 3 is 2.18 bits per heavy atom. The van der Waals surface area contributed by atoms with Gasteiger partial charge in [0.2, 0.25) is 5.75 Å². The molecule has 0 aromatic heterocycles. The lowest BCUT2D eigenvalue weighted by Crippen LogP contribution is -2.39. The van der Waals surface area contributed by atoms with Gasteiger partial charge in [-0.1, -0.05) is 36.4 Å². The van der Waals surface area contributed by atoms with E-state index in [1.807, 2.05) is 36.4 Å². The number of rotatable bonds is 9. The van der Waals surface area contributed by atoms with E-state index in [2.05, 4.69) is 17.4 Å². The van der Waals surface area contributed by atoms with Crippen LogP contribution in [0.15, 0.2) is 48.5 Å². The lowest BCUT2D eigenvalue weighted by atomic mass is 10.1. The average molecular weight is 463 g/mol. The predicted octanol–water partition coefficient (Wildman–Crippen LogP) is 1.98. The number of hydrogen-bond donors (Lipinski definition) is 3. The number of carboxylic acids is 2. The van der Waals surface area contributed by atoms with Gasteiger partial charge in [0.15, 0.2) is 11.5 Å². The number of benzene rings is 2. The maximum absolute atomic E-state index is 9.10. The summed E-state index contributed by atoms with van der Waals surface area (Å²) in [5.74, 6) is -1.72. The van der Waals surface area contributed by atoms with Gasteiger partial charge in [-0.3, -0.25) is 0 Å². The van der Waals surface area contributed by atoms with E-state index in [4.69, 9.17) is 43.5 Å². The summed E-state index contributed by atoms with van der Waals surface area (Å²) in [5.41, 5.74) is 1.15. The van der Waals surface area contributed by atoms with E-state index in [1.165, 1.54) is 0 Å². The SMILES string of the molecule is COc1cccc(OC)c1OCCNC[C@@H]1COC[C@H](c2ccccc2)O1.O=C(O)C(=O)O. The van der Waals surface area contributed by atoms with Crippen LogP contribution < -0.4 is 19.5 Å². The summed E-state index contributed by atoms with van der Waals surface area (Å²) in [7, 11) is 3.23. The minimum atomic E-state index is -1.82. The lowest BCUT2D eigenvalue weighted by Gasteiger charge is -2.30. The fraction of sp³-hybridized carbons (Fsp3) is 0.391. The molecule has 1 aliphatic rings. The molecule has 3 rings (SSSR count). The number of para-hydroxylation sites is 1. The van der Waals surface area contributed by atoms with Crippen molar-refractivity contribution in [1.29, 1.82) is 0 Å². The first kappa shape index (κ1) is 25.9. The van der Waals surface area contributed by atoms with Crippen LogP contribution in [-0.2, 0) is 19.1 Å². The van der Waals surface area contributed by atoms with Gasteiger partial charge >= 0.3 is 11.9 Å². The molecular weight excluding hydrogens is 434 g/mol. The molecule has 0 amide bonds. The van der Waals surface area contributed by atoms with Crippen LogP contribution >= 0.6 is 0 Å². The number of carbonyl (C=O) groups is 2. The molecule has 2 atom stereocenters. The van der Waals surface area contributed by atoms with Crippen molar-refractivity contribution in [1.82, 2.24) is 5.32 Å². The minimum Gasteiger partial charge on any atom is -0.493 e. The molecule has 2 aromatic rings. The molecule has 1 aliphatic heterocycles. The van der Waals surface area contributed by atoms with Gasteiger partial charge in [-0.05, 0) is 17.7 Å². The summed E-state index contributed by atoms with van der Waals surface area (Å²) in [6.45, 7) is 3.06. The molecule has 10 heteroatoms. The second-order valence-corrected chi connectivity index (χ2v) is 6.85. The fourth-order valence-corrected chi connectivity index (χ4v) is 3.01. The number of methoxy groups -OCH3 is 2. The highest BCUT2D eigenvalue weighted by Gasteiger charge is 2.23. The number of carboxylic acid groups (broad SMARTS) is 2. The van der Waals surface area contributed by atoms with Gasteiger partial charge in [0.1, 0.15) is 12.7 Å². The van der Waals surface area contributed by atoms with E-state index in [-0.39, 0.29) is 12.2 Å². The van der Waals surface area contributed by atoms with Crippen LogP contribution in [0.4, 0.5) is 0 Å². The molecule has 10 nitrogen and oxygen atoms in total. The van der Waals surface area contributed by atoms with Crippen LogP contribution in [-0.4, -0.2) is 75.4 Å².